The third-order valence-electron chi connectivity index (χ3n) is 12.3. The van der Waals surface area contributed by atoms with Crippen LogP contribution in [0.2, 0.25) is 54.4 Å². The molecule has 5 atom stereocenters. The fourth-order valence-electron chi connectivity index (χ4n) is 5.83. The van der Waals surface area contributed by atoms with E-state index in [1.807, 2.05) is 0 Å². The molecule has 286 valence electrons. The van der Waals surface area contributed by atoms with Gasteiger partial charge in [0, 0.05) is 12.3 Å². The van der Waals surface area contributed by atoms with Crippen molar-refractivity contribution in [2.75, 3.05) is 7.11 Å². The van der Waals surface area contributed by atoms with E-state index in [9.17, 15) is 4.79 Å². The van der Waals surface area contributed by atoms with E-state index in [2.05, 4.69) is 156 Å². The molecular weight excluding hydrogens is 669 g/mol. The minimum atomic E-state index is -2.07. The van der Waals surface area contributed by atoms with Gasteiger partial charge in [-0.3, -0.25) is 4.79 Å². The lowest BCUT2D eigenvalue weighted by molar-refractivity contribution is -0.140. The van der Waals surface area contributed by atoms with Gasteiger partial charge in [0.15, 0.2) is 25.0 Å². The van der Waals surface area contributed by atoms with E-state index in [4.69, 9.17) is 18.0 Å². The van der Waals surface area contributed by atoms with E-state index < -0.39 is 25.0 Å². The van der Waals surface area contributed by atoms with Gasteiger partial charge >= 0.3 is 5.97 Å². The van der Waals surface area contributed by atoms with Gasteiger partial charge in [-0.15, -0.1) is 0 Å². The Hall–Kier alpha value is -1.30. The van der Waals surface area contributed by atoms with Gasteiger partial charge < -0.3 is 18.0 Å². The van der Waals surface area contributed by atoms with Crippen molar-refractivity contribution in [3.05, 3.63) is 60.2 Å². The van der Waals surface area contributed by atoms with Crippen LogP contribution in [0.3, 0.4) is 0 Å². The van der Waals surface area contributed by atoms with Gasteiger partial charge in [-0.25, -0.2) is 0 Å². The minimum Gasteiger partial charge on any atom is -0.469 e. The fraction of sp³-hybridized carbons (Fsp3) is 0.738. The number of hydrogen-bond donors (Lipinski definition) is 0. The Bertz CT molecular complexity index is 1230. The lowest BCUT2D eigenvalue weighted by Crippen LogP contribution is -2.45. The molecule has 0 saturated heterocycles. The van der Waals surface area contributed by atoms with Crippen molar-refractivity contribution in [3.63, 3.8) is 0 Å². The van der Waals surface area contributed by atoms with Gasteiger partial charge in [-0.2, -0.15) is 0 Å². The van der Waals surface area contributed by atoms with Crippen molar-refractivity contribution >= 4 is 30.9 Å². The second-order valence-electron chi connectivity index (χ2n) is 19.3. The molecule has 0 radical (unpaired) electrons. The first-order valence-electron chi connectivity index (χ1n) is 19.3. The Morgan fingerprint density at radius 1 is 0.800 bits per heavy atom. The molecule has 0 aliphatic heterocycles. The predicted octanol–water partition coefficient (Wildman–Crippen LogP) is 12.3. The number of methoxy groups -OCH3 is 1. The maximum atomic E-state index is 11.7. The Labute approximate surface area is 311 Å². The average molecular weight is 745 g/mol. The van der Waals surface area contributed by atoms with Crippen molar-refractivity contribution in [2.24, 2.45) is 11.8 Å². The molecule has 1 fully saturated rings. The first-order valence-corrected chi connectivity index (χ1v) is 28.0. The number of carbonyl (C=O) groups is 1. The molecule has 5 nitrogen and oxygen atoms in total. The third kappa shape index (κ3) is 13.3. The monoisotopic (exact) mass is 745 g/mol. The molecule has 1 aromatic rings. The minimum absolute atomic E-state index is 0.0273. The lowest BCUT2D eigenvalue weighted by Gasteiger charge is -2.40. The lowest BCUT2D eigenvalue weighted by atomic mass is 9.89. The van der Waals surface area contributed by atoms with Crippen LogP contribution >= 0.6 is 0 Å². The van der Waals surface area contributed by atoms with E-state index in [-0.39, 0.29) is 51.2 Å². The van der Waals surface area contributed by atoms with Gasteiger partial charge in [0.25, 0.3) is 0 Å². The Morgan fingerprint density at radius 2 is 1.34 bits per heavy atom. The van der Waals surface area contributed by atoms with Crippen LogP contribution in [0.25, 0.3) is 0 Å². The largest absolute Gasteiger partial charge is 0.469 e. The van der Waals surface area contributed by atoms with E-state index in [1.165, 1.54) is 12.7 Å². The quantitative estimate of drug-likeness (QED) is 0.0688. The summed E-state index contributed by atoms with van der Waals surface area (Å²) in [6, 6.07) is 10.8. The average Bonchev–Trinajstić information content (AvgIpc) is 3.28. The maximum absolute atomic E-state index is 11.7. The molecule has 0 amide bonds. The number of esters is 1. The fourth-order valence-corrected chi connectivity index (χ4v) is 9.88. The van der Waals surface area contributed by atoms with Crippen molar-refractivity contribution < 1.29 is 22.8 Å². The summed E-state index contributed by atoms with van der Waals surface area (Å²) in [7, 11) is -4.70. The van der Waals surface area contributed by atoms with Gasteiger partial charge in [0.2, 0.25) is 0 Å². The zero-order valence-corrected chi connectivity index (χ0v) is 38.1. The standard InChI is InChI=1S/C42H76O5Si3/c1-40(2,3)48(11,12)45-34(29-28-33-24-20-19-21-25-33)30-31-36-35(26-22-17-18-23-27-39(43)44-10)37(46-49(13,14)41(4,5)6)32-38(36)47-50(15,16)42(7,8)9/h17,19-22,24-25,30-31,34-38H,18,23,26-29,32H2,1-16H3/b22-17-,31-30+/t34-,35+,36+,37?,38+/m0/s1. The highest BCUT2D eigenvalue weighted by Crippen LogP contribution is 2.48. The van der Waals surface area contributed by atoms with Gasteiger partial charge in [0.1, 0.15) is 0 Å². The van der Waals surface area contributed by atoms with Crippen LogP contribution in [0.1, 0.15) is 106 Å². The zero-order valence-electron chi connectivity index (χ0n) is 35.1. The smallest absolute Gasteiger partial charge is 0.305 e. The highest BCUT2D eigenvalue weighted by molar-refractivity contribution is 6.75. The molecule has 0 aromatic heterocycles. The van der Waals surface area contributed by atoms with Crippen LogP contribution in [0, 0.1) is 11.8 Å². The summed E-state index contributed by atoms with van der Waals surface area (Å²) >= 11 is 0. The van der Waals surface area contributed by atoms with Gasteiger partial charge in [-0.05, 0) is 104 Å². The first-order chi connectivity index (χ1) is 22.8. The molecule has 1 aromatic carbocycles. The van der Waals surface area contributed by atoms with E-state index in [0.717, 1.165) is 38.5 Å². The number of aryl methyl sites for hydroxylation is 1. The normalized spacial score (nSPS) is 22.1. The van der Waals surface area contributed by atoms with Crippen molar-refractivity contribution in [2.45, 2.75) is 180 Å². The number of carbonyl (C=O) groups excluding carboxylic acids is 1. The summed E-state index contributed by atoms with van der Waals surface area (Å²) in [6.07, 6.45) is 15.6. The molecule has 0 N–H and O–H groups in total. The predicted molar refractivity (Wildman–Crippen MR) is 221 cm³/mol. The number of rotatable bonds is 17. The Balaban J connectivity index is 2.57. The molecule has 0 spiro atoms. The maximum Gasteiger partial charge on any atom is 0.305 e. The third-order valence-corrected chi connectivity index (χ3v) is 25.8. The summed E-state index contributed by atoms with van der Waals surface area (Å²) in [5, 5.41) is 0.347. The number of allylic oxidation sites excluding steroid dienone is 2. The molecule has 1 saturated carbocycles. The van der Waals surface area contributed by atoms with Gasteiger partial charge in [0.05, 0.1) is 25.4 Å². The second-order valence-corrected chi connectivity index (χ2v) is 33.6. The summed E-state index contributed by atoms with van der Waals surface area (Å²) < 4.78 is 26.7. The summed E-state index contributed by atoms with van der Waals surface area (Å²) in [5.41, 5.74) is 1.35. The Morgan fingerprint density at radius 3 is 1.86 bits per heavy atom. The van der Waals surface area contributed by atoms with Crippen LogP contribution in [0.5, 0.6) is 0 Å². The molecule has 0 bridgehead atoms. The highest BCUT2D eigenvalue weighted by Gasteiger charge is 2.50. The molecular formula is C42H76O5Si3. The topological polar surface area (TPSA) is 54.0 Å². The summed E-state index contributed by atoms with van der Waals surface area (Å²) in [5.74, 6) is 0.352. The Kier molecular flexibility index (Phi) is 16.3. The molecule has 1 aliphatic carbocycles. The molecule has 2 rings (SSSR count). The van der Waals surface area contributed by atoms with Crippen molar-refractivity contribution in [1.82, 2.24) is 0 Å². The van der Waals surface area contributed by atoms with Gasteiger partial charge in [-0.1, -0.05) is 117 Å². The van der Waals surface area contributed by atoms with Crippen LogP contribution in [0.4, 0.5) is 0 Å². The molecule has 1 unspecified atom stereocenters. The number of benzene rings is 1. The number of unbranched alkanes of at least 4 members (excludes halogenated alkanes) is 1. The van der Waals surface area contributed by atoms with Crippen molar-refractivity contribution in [3.8, 4) is 0 Å². The molecule has 1 aliphatic rings. The van der Waals surface area contributed by atoms with Crippen LogP contribution in [0.15, 0.2) is 54.6 Å². The van der Waals surface area contributed by atoms with E-state index in [0.29, 0.717) is 6.42 Å². The first kappa shape index (κ1) is 44.9. The van der Waals surface area contributed by atoms with E-state index in [1.54, 1.807) is 0 Å². The van der Waals surface area contributed by atoms with E-state index >= 15 is 0 Å². The van der Waals surface area contributed by atoms with Crippen LogP contribution in [-0.2, 0) is 29.2 Å². The number of ether oxygens (including phenoxy) is 1. The summed E-state index contributed by atoms with van der Waals surface area (Å²) in [6.45, 7) is 35.3. The van der Waals surface area contributed by atoms with Crippen molar-refractivity contribution in [1.29, 1.82) is 0 Å². The number of hydrogen-bond acceptors (Lipinski definition) is 5. The molecule has 8 heteroatoms. The second kappa shape index (κ2) is 18.2. The highest BCUT2D eigenvalue weighted by atomic mass is 28.4. The zero-order chi connectivity index (χ0) is 38.2. The molecule has 50 heavy (non-hydrogen) atoms. The SMILES string of the molecule is COC(=O)CCC/C=C\C[C@H]1C(O[Si](C)(C)C(C)(C)C)C[C@@H](O[Si](C)(C)C(C)(C)C)[C@@H]1/C=C/[C@H](CCc1ccccc1)O[Si](C)(C)C(C)(C)C. The summed E-state index contributed by atoms with van der Waals surface area (Å²) in [4.78, 5) is 11.7. The molecule has 0 heterocycles. The van der Waals surface area contributed by atoms with Crippen LogP contribution in [-0.4, -0.2) is 56.3 Å². The van der Waals surface area contributed by atoms with Crippen LogP contribution < -0.4 is 0 Å².